The number of cyclic esters (lactones) is 1. The molecule has 2 atom stereocenters. The summed E-state index contributed by atoms with van der Waals surface area (Å²) in [5.41, 5.74) is 8.10. The SMILES string of the molecule is C/C=C/C(=O)Nc1cc(N2CC(CNC(=O)c3ccc(Cl)s3)OC2=O)ccc1N1CCC(N)C1. The molecule has 9 nitrogen and oxygen atoms in total. The van der Waals surface area contributed by atoms with Crippen molar-refractivity contribution in [2.24, 2.45) is 5.73 Å². The van der Waals surface area contributed by atoms with Gasteiger partial charge in [-0.3, -0.25) is 14.5 Å². The van der Waals surface area contributed by atoms with Gasteiger partial charge in [0.25, 0.3) is 5.91 Å². The lowest BCUT2D eigenvalue weighted by Crippen LogP contribution is -2.34. The summed E-state index contributed by atoms with van der Waals surface area (Å²) in [4.78, 5) is 41.2. The molecule has 0 saturated carbocycles. The minimum Gasteiger partial charge on any atom is -0.442 e. The van der Waals surface area contributed by atoms with Gasteiger partial charge >= 0.3 is 6.09 Å². The van der Waals surface area contributed by atoms with Crippen molar-refractivity contribution in [2.75, 3.05) is 41.3 Å². The van der Waals surface area contributed by atoms with E-state index in [1.807, 2.05) is 12.1 Å². The van der Waals surface area contributed by atoms with Crippen molar-refractivity contribution in [2.45, 2.75) is 25.5 Å². The molecule has 3 heterocycles. The van der Waals surface area contributed by atoms with E-state index in [1.54, 1.807) is 31.2 Å². The second-order valence-electron chi connectivity index (χ2n) is 8.12. The summed E-state index contributed by atoms with van der Waals surface area (Å²) in [7, 11) is 0. The van der Waals surface area contributed by atoms with Crippen molar-refractivity contribution >= 4 is 57.9 Å². The minimum atomic E-state index is -0.514. The number of halogens is 1. The minimum absolute atomic E-state index is 0.0773. The van der Waals surface area contributed by atoms with Gasteiger partial charge in [0.15, 0.2) is 0 Å². The highest BCUT2D eigenvalue weighted by molar-refractivity contribution is 7.18. The molecule has 2 fully saturated rings. The normalized spacial score (nSPS) is 20.1. The molecular weight excluding hydrogens is 478 g/mol. The van der Waals surface area contributed by atoms with Crippen molar-refractivity contribution in [3.05, 3.63) is 51.7 Å². The van der Waals surface area contributed by atoms with Gasteiger partial charge in [-0.25, -0.2) is 4.79 Å². The van der Waals surface area contributed by atoms with E-state index >= 15 is 0 Å². The number of hydrogen-bond donors (Lipinski definition) is 3. The highest BCUT2D eigenvalue weighted by atomic mass is 35.5. The summed E-state index contributed by atoms with van der Waals surface area (Å²) < 4.78 is 5.98. The van der Waals surface area contributed by atoms with E-state index in [9.17, 15) is 14.4 Å². The maximum atomic E-state index is 12.6. The first kappa shape index (κ1) is 24.1. The van der Waals surface area contributed by atoms with Gasteiger partial charge in [-0.15, -0.1) is 11.3 Å². The van der Waals surface area contributed by atoms with E-state index in [-0.39, 0.29) is 30.9 Å². The molecule has 2 saturated heterocycles. The Kier molecular flexibility index (Phi) is 7.40. The molecule has 1 aromatic heterocycles. The molecule has 2 aliphatic heterocycles. The number of carbonyl (C=O) groups is 3. The van der Waals surface area contributed by atoms with Crippen LogP contribution in [0.5, 0.6) is 0 Å². The maximum absolute atomic E-state index is 12.6. The largest absolute Gasteiger partial charge is 0.442 e. The summed E-state index contributed by atoms with van der Waals surface area (Å²) in [6.07, 6.45) is 2.94. The third-order valence-electron chi connectivity index (χ3n) is 5.59. The Hall–Kier alpha value is -3.08. The lowest BCUT2D eigenvalue weighted by Gasteiger charge is -2.24. The van der Waals surface area contributed by atoms with Crippen LogP contribution < -0.4 is 26.2 Å². The van der Waals surface area contributed by atoms with E-state index in [0.29, 0.717) is 27.1 Å². The van der Waals surface area contributed by atoms with Crippen LogP contribution in [-0.4, -0.2) is 56.2 Å². The first-order chi connectivity index (χ1) is 16.3. The zero-order valence-corrected chi connectivity index (χ0v) is 20.2. The number of amides is 3. The highest BCUT2D eigenvalue weighted by Gasteiger charge is 2.33. The highest BCUT2D eigenvalue weighted by Crippen LogP contribution is 2.34. The van der Waals surface area contributed by atoms with Crippen LogP contribution in [-0.2, 0) is 9.53 Å². The van der Waals surface area contributed by atoms with Crippen LogP contribution >= 0.6 is 22.9 Å². The summed E-state index contributed by atoms with van der Waals surface area (Å²) in [6.45, 7) is 3.68. The Morgan fingerprint density at radius 2 is 2.12 bits per heavy atom. The molecule has 4 rings (SSSR count). The molecule has 0 aliphatic carbocycles. The quantitative estimate of drug-likeness (QED) is 0.499. The molecule has 2 aliphatic rings. The van der Waals surface area contributed by atoms with Crippen molar-refractivity contribution in [1.82, 2.24) is 5.32 Å². The van der Waals surface area contributed by atoms with E-state index in [2.05, 4.69) is 15.5 Å². The van der Waals surface area contributed by atoms with E-state index in [4.69, 9.17) is 22.1 Å². The van der Waals surface area contributed by atoms with Crippen LogP contribution in [0.25, 0.3) is 0 Å². The van der Waals surface area contributed by atoms with Crippen LogP contribution in [0.15, 0.2) is 42.5 Å². The molecule has 0 spiro atoms. The maximum Gasteiger partial charge on any atom is 0.414 e. The molecule has 34 heavy (non-hydrogen) atoms. The number of rotatable bonds is 7. The number of allylic oxidation sites excluding steroid dienone is 1. The number of carbonyl (C=O) groups excluding carboxylic acids is 3. The number of thiophene rings is 1. The number of hydrogen-bond acceptors (Lipinski definition) is 7. The van der Waals surface area contributed by atoms with Crippen molar-refractivity contribution < 1.29 is 19.1 Å². The molecule has 2 unspecified atom stereocenters. The summed E-state index contributed by atoms with van der Waals surface area (Å²) in [5, 5.41) is 5.67. The van der Waals surface area contributed by atoms with Gasteiger partial charge in [-0.05, 0) is 49.8 Å². The third-order valence-corrected chi connectivity index (χ3v) is 6.82. The molecule has 0 bridgehead atoms. The summed E-state index contributed by atoms with van der Waals surface area (Å²) in [6, 6.07) is 8.84. The van der Waals surface area contributed by atoms with Crippen LogP contribution in [0.1, 0.15) is 23.0 Å². The number of benzene rings is 1. The Bertz CT molecular complexity index is 1120. The molecule has 11 heteroatoms. The van der Waals surface area contributed by atoms with Gasteiger partial charge < -0.3 is 26.0 Å². The van der Waals surface area contributed by atoms with E-state index in [0.717, 1.165) is 18.7 Å². The monoisotopic (exact) mass is 503 g/mol. The fourth-order valence-corrected chi connectivity index (χ4v) is 4.93. The van der Waals surface area contributed by atoms with Gasteiger partial charge in [0.2, 0.25) is 5.91 Å². The molecule has 3 amide bonds. The van der Waals surface area contributed by atoms with Crippen molar-refractivity contribution in [3.63, 3.8) is 0 Å². The smallest absolute Gasteiger partial charge is 0.414 e. The van der Waals surface area contributed by atoms with Crippen LogP contribution in [0.2, 0.25) is 4.34 Å². The lowest BCUT2D eigenvalue weighted by molar-refractivity contribution is -0.111. The Morgan fingerprint density at radius 3 is 2.79 bits per heavy atom. The topological polar surface area (TPSA) is 117 Å². The van der Waals surface area contributed by atoms with Crippen LogP contribution in [0.4, 0.5) is 21.9 Å². The van der Waals surface area contributed by atoms with Crippen molar-refractivity contribution in [3.8, 4) is 0 Å². The Morgan fingerprint density at radius 1 is 1.29 bits per heavy atom. The van der Waals surface area contributed by atoms with E-state index in [1.165, 1.54) is 22.3 Å². The Balaban J connectivity index is 1.47. The predicted octanol–water partition coefficient (Wildman–Crippen LogP) is 3.21. The second-order valence-corrected chi connectivity index (χ2v) is 9.83. The fourth-order valence-electron chi connectivity index (χ4n) is 3.97. The number of nitrogens with zero attached hydrogens (tertiary/aromatic N) is 2. The van der Waals surface area contributed by atoms with Crippen molar-refractivity contribution in [1.29, 1.82) is 0 Å². The molecule has 180 valence electrons. The van der Waals surface area contributed by atoms with Gasteiger partial charge in [-0.2, -0.15) is 0 Å². The summed E-state index contributed by atoms with van der Waals surface area (Å²) >= 11 is 7.06. The van der Waals surface area contributed by atoms with E-state index < -0.39 is 12.2 Å². The van der Waals surface area contributed by atoms with Crippen LogP contribution in [0, 0.1) is 0 Å². The predicted molar refractivity (Wildman–Crippen MR) is 134 cm³/mol. The zero-order valence-electron chi connectivity index (χ0n) is 18.6. The van der Waals surface area contributed by atoms with Gasteiger partial charge in [-0.1, -0.05) is 17.7 Å². The van der Waals surface area contributed by atoms with Gasteiger partial charge in [0, 0.05) is 24.8 Å². The second kappa shape index (κ2) is 10.5. The zero-order chi connectivity index (χ0) is 24.2. The van der Waals surface area contributed by atoms with Gasteiger partial charge in [0.05, 0.1) is 33.7 Å². The van der Waals surface area contributed by atoms with Gasteiger partial charge in [0.1, 0.15) is 6.10 Å². The molecule has 4 N–H and O–H groups in total. The first-order valence-corrected chi connectivity index (χ1v) is 12.1. The molecule has 2 aromatic rings. The lowest BCUT2D eigenvalue weighted by atomic mass is 10.2. The average Bonchev–Trinajstić information content (AvgIpc) is 3.52. The van der Waals surface area contributed by atoms with Crippen LogP contribution in [0.3, 0.4) is 0 Å². The first-order valence-electron chi connectivity index (χ1n) is 10.9. The standard InChI is InChI=1S/C23H26ClN5O4S/c1-2-3-21(30)27-17-10-15(4-5-18(17)28-9-8-14(25)12-28)29-13-16(33-23(29)32)11-26-22(31)19-6-7-20(24)34-19/h2-7,10,14,16H,8-9,11-13,25H2,1H3,(H,26,31)(H,27,30)/b3-2+. The number of anilines is 3. The third kappa shape index (κ3) is 5.52. The average molecular weight is 504 g/mol. The Labute approximate surface area is 206 Å². The molecular formula is C23H26ClN5O4S. The summed E-state index contributed by atoms with van der Waals surface area (Å²) in [5.74, 6) is -0.531. The number of nitrogens with one attached hydrogen (secondary N) is 2. The number of nitrogens with two attached hydrogens (primary N) is 1. The molecule has 0 radical (unpaired) electrons. The number of ether oxygens (including phenoxy) is 1. The molecule has 1 aromatic carbocycles. The fraction of sp³-hybridized carbons (Fsp3) is 0.348.